The van der Waals surface area contributed by atoms with Crippen molar-refractivity contribution in [2.45, 2.75) is 0 Å². The van der Waals surface area contributed by atoms with E-state index >= 15 is 0 Å². The third kappa shape index (κ3) is 1.75. The first-order valence-electron chi connectivity index (χ1n) is 3.91. The topological polar surface area (TPSA) is 56.5 Å². The van der Waals surface area contributed by atoms with Crippen molar-refractivity contribution in [3.8, 4) is 0 Å². The van der Waals surface area contributed by atoms with Gasteiger partial charge in [0.15, 0.2) is 16.5 Å². The fourth-order valence-electron chi connectivity index (χ4n) is 1.13. The lowest BCUT2D eigenvalue weighted by molar-refractivity contribution is 0.0595. The third-order valence-corrected chi connectivity index (χ3v) is 2.20. The lowest BCUT2D eigenvalue weighted by Gasteiger charge is -1.94. The van der Waals surface area contributed by atoms with Crippen LogP contribution in [0.2, 0.25) is 10.3 Å². The molecule has 0 saturated heterocycles. The van der Waals surface area contributed by atoms with Crippen LogP contribution >= 0.6 is 23.2 Å². The van der Waals surface area contributed by atoms with E-state index in [2.05, 4.69) is 14.7 Å². The highest BCUT2D eigenvalue weighted by atomic mass is 35.5. The van der Waals surface area contributed by atoms with Crippen LogP contribution in [0.5, 0.6) is 0 Å². The van der Waals surface area contributed by atoms with Gasteiger partial charge in [-0.1, -0.05) is 23.2 Å². The number of hydrogen-bond donors (Lipinski definition) is 0. The number of carbonyl (C=O) groups excluding carboxylic acids is 1. The standard InChI is InChI=1S/C8H5Cl2N3O2/c1-15-8(14)4-2-13-3-5(9)12-6(10)7(13)11-4/h2-3H,1H3. The first kappa shape index (κ1) is 10.2. The predicted octanol–water partition coefficient (Wildman–Crippen LogP) is 1.82. The number of imidazole rings is 1. The molecule has 2 aromatic rings. The van der Waals surface area contributed by atoms with Gasteiger partial charge in [0.1, 0.15) is 5.15 Å². The Kier molecular flexibility index (Phi) is 2.50. The Hall–Kier alpha value is -1.33. The van der Waals surface area contributed by atoms with E-state index in [0.29, 0.717) is 5.65 Å². The van der Waals surface area contributed by atoms with Gasteiger partial charge >= 0.3 is 5.97 Å². The quantitative estimate of drug-likeness (QED) is 0.720. The Labute approximate surface area is 94.6 Å². The van der Waals surface area contributed by atoms with Crippen molar-refractivity contribution < 1.29 is 9.53 Å². The number of fused-ring (bicyclic) bond motifs is 1. The summed E-state index contributed by atoms with van der Waals surface area (Å²) in [6, 6.07) is 0. The molecule has 2 heterocycles. The molecule has 0 atom stereocenters. The number of methoxy groups -OCH3 is 1. The molecule has 2 rings (SSSR count). The molecule has 0 saturated carbocycles. The SMILES string of the molecule is COC(=O)c1cn2cc(Cl)nc(Cl)c2n1. The monoisotopic (exact) mass is 245 g/mol. The molecule has 0 fully saturated rings. The van der Waals surface area contributed by atoms with Gasteiger partial charge in [-0.3, -0.25) is 0 Å². The Morgan fingerprint density at radius 3 is 2.80 bits per heavy atom. The van der Waals surface area contributed by atoms with Crippen LogP contribution in [0.25, 0.3) is 5.65 Å². The van der Waals surface area contributed by atoms with E-state index < -0.39 is 5.97 Å². The molecule has 78 valence electrons. The first-order chi connectivity index (χ1) is 7.11. The molecular weight excluding hydrogens is 241 g/mol. The molecule has 15 heavy (non-hydrogen) atoms. The molecule has 0 spiro atoms. The van der Waals surface area contributed by atoms with E-state index in [-0.39, 0.29) is 16.0 Å². The Morgan fingerprint density at radius 1 is 1.40 bits per heavy atom. The minimum atomic E-state index is -0.536. The second-order valence-electron chi connectivity index (χ2n) is 2.70. The number of ether oxygens (including phenoxy) is 1. The first-order valence-corrected chi connectivity index (χ1v) is 4.66. The molecule has 0 radical (unpaired) electrons. The molecule has 0 amide bonds. The van der Waals surface area contributed by atoms with Crippen LogP contribution in [0, 0.1) is 0 Å². The zero-order chi connectivity index (χ0) is 11.0. The Balaban J connectivity index is 2.65. The highest BCUT2D eigenvalue weighted by Gasteiger charge is 2.13. The molecule has 7 heteroatoms. The van der Waals surface area contributed by atoms with Crippen LogP contribution in [0.15, 0.2) is 12.4 Å². The molecule has 0 aliphatic heterocycles. The predicted molar refractivity (Wildman–Crippen MR) is 54.3 cm³/mol. The average Bonchev–Trinajstić information content (AvgIpc) is 2.60. The van der Waals surface area contributed by atoms with Crippen LogP contribution in [-0.4, -0.2) is 27.4 Å². The highest BCUT2D eigenvalue weighted by molar-refractivity contribution is 6.34. The third-order valence-electron chi connectivity index (χ3n) is 1.76. The van der Waals surface area contributed by atoms with Crippen LogP contribution in [0.3, 0.4) is 0 Å². The van der Waals surface area contributed by atoms with E-state index in [1.165, 1.54) is 23.9 Å². The number of hydrogen-bond acceptors (Lipinski definition) is 4. The molecule has 0 N–H and O–H groups in total. The second kappa shape index (κ2) is 3.67. The normalized spacial score (nSPS) is 10.6. The lowest BCUT2D eigenvalue weighted by Crippen LogP contribution is -2.00. The molecule has 0 aliphatic rings. The van der Waals surface area contributed by atoms with Crippen LogP contribution in [-0.2, 0) is 4.74 Å². The van der Waals surface area contributed by atoms with Gasteiger partial charge in [-0.25, -0.2) is 14.8 Å². The van der Waals surface area contributed by atoms with Crippen LogP contribution in [0.1, 0.15) is 10.5 Å². The summed E-state index contributed by atoms with van der Waals surface area (Å²) < 4.78 is 6.04. The summed E-state index contributed by atoms with van der Waals surface area (Å²) in [5.41, 5.74) is 0.518. The number of halogens is 2. The average molecular weight is 246 g/mol. The molecular formula is C8H5Cl2N3O2. The van der Waals surface area contributed by atoms with Crippen molar-refractivity contribution in [3.05, 3.63) is 28.4 Å². The maximum absolute atomic E-state index is 11.2. The van der Waals surface area contributed by atoms with E-state index in [1.54, 1.807) is 0 Å². The zero-order valence-corrected chi connectivity index (χ0v) is 9.08. The zero-order valence-electron chi connectivity index (χ0n) is 7.57. The van der Waals surface area contributed by atoms with Crippen molar-refractivity contribution in [3.63, 3.8) is 0 Å². The van der Waals surface area contributed by atoms with Crippen LogP contribution in [0.4, 0.5) is 0 Å². The van der Waals surface area contributed by atoms with Crippen molar-refractivity contribution in [1.29, 1.82) is 0 Å². The molecule has 0 unspecified atom stereocenters. The highest BCUT2D eigenvalue weighted by Crippen LogP contribution is 2.17. The Bertz CT molecular complexity index is 538. The smallest absolute Gasteiger partial charge is 0.358 e. The molecule has 0 aromatic carbocycles. The van der Waals surface area contributed by atoms with Crippen molar-refractivity contribution >= 4 is 34.8 Å². The largest absolute Gasteiger partial charge is 0.464 e. The summed E-state index contributed by atoms with van der Waals surface area (Å²) in [7, 11) is 1.28. The fraction of sp³-hybridized carbons (Fsp3) is 0.125. The molecule has 2 aromatic heterocycles. The van der Waals surface area contributed by atoms with Gasteiger partial charge in [-0.2, -0.15) is 0 Å². The maximum atomic E-state index is 11.2. The van der Waals surface area contributed by atoms with Crippen molar-refractivity contribution in [2.75, 3.05) is 7.11 Å². The van der Waals surface area contributed by atoms with Gasteiger partial charge in [0.05, 0.1) is 7.11 Å². The summed E-state index contributed by atoms with van der Waals surface area (Å²) in [4.78, 5) is 18.9. The summed E-state index contributed by atoms with van der Waals surface area (Å²) in [6.45, 7) is 0. The van der Waals surface area contributed by atoms with Gasteiger partial charge < -0.3 is 9.14 Å². The van der Waals surface area contributed by atoms with E-state index in [9.17, 15) is 4.79 Å². The second-order valence-corrected chi connectivity index (χ2v) is 3.45. The lowest BCUT2D eigenvalue weighted by atomic mass is 10.5. The van der Waals surface area contributed by atoms with Gasteiger partial charge in [0.2, 0.25) is 0 Å². The molecule has 5 nitrogen and oxygen atoms in total. The summed E-state index contributed by atoms with van der Waals surface area (Å²) >= 11 is 11.5. The number of esters is 1. The number of nitrogens with zero attached hydrogens (tertiary/aromatic N) is 3. The summed E-state index contributed by atoms with van der Waals surface area (Å²) in [6.07, 6.45) is 2.98. The van der Waals surface area contributed by atoms with Crippen LogP contribution < -0.4 is 0 Å². The maximum Gasteiger partial charge on any atom is 0.358 e. The van der Waals surface area contributed by atoms with Gasteiger partial charge in [0.25, 0.3) is 0 Å². The van der Waals surface area contributed by atoms with E-state index in [1.807, 2.05) is 0 Å². The summed E-state index contributed by atoms with van der Waals surface area (Å²) in [5, 5.41) is 0.360. The van der Waals surface area contributed by atoms with Crippen molar-refractivity contribution in [1.82, 2.24) is 14.4 Å². The van der Waals surface area contributed by atoms with E-state index in [0.717, 1.165) is 0 Å². The molecule has 0 bridgehead atoms. The minimum absolute atomic E-state index is 0.137. The van der Waals surface area contributed by atoms with E-state index in [4.69, 9.17) is 23.2 Å². The fourth-order valence-corrected chi connectivity index (χ4v) is 1.60. The minimum Gasteiger partial charge on any atom is -0.464 e. The number of aromatic nitrogens is 3. The number of carbonyl (C=O) groups is 1. The number of rotatable bonds is 1. The van der Waals surface area contributed by atoms with Gasteiger partial charge in [-0.05, 0) is 0 Å². The van der Waals surface area contributed by atoms with Crippen molar-refractivity contribution in [2.24, 2.45) is 0 Å². The summed E-state index contributed by atoms with van der Waals surface area (Å²) in [5.74, 6) is -0.536. The Morgan fingerprint density at radius 2 is 2.13 bits per heavy atom. The molecule has 0 aliphatic carbocycles. The van der Waals surface area contributed by atoms with Gasteiger partial charge in [0, 0.05) is 12.4 Å². The van der Waals surface area contributed by atoms with Gasteiger partial charge in [-0.15, -0.1) is 0 Å².